The highest BCUT2D eigenvalue weighted by Gasteiger charge is 2.40. The standard InChI is InChI=1S/C14H21BrO2S/c1-10-3-6-14(17-2,7-4-10)13(16)9-12-11(15)5-8-18-12/h5,8,10,13,16H,3-4,6-7,9H2,1-2H3. The van der Waals surface area contributed by atoms with Crippen molar-refractivity contribution in [3.63, 3.8) is 0 Å². The zero-order chi connectivity index (χ0) is 13.2. The van der Waals surface area contributed by atoms with Gasteiger partial charge in [0.15, 0.2) is 0 Å². The lowest BCUT2D eigenvalue weighted by molar-refractivity contribution is -0.127. The van der Waals surface area contributed by atoms with Crippen LogP contribution in [0.1, 0.15) is 37.5 Å². The van der Waals surface area contributed by atoms with Gasteiger partial charge in [-0.05, 0) is 59.0 Å². The lowest BCUT2D eigenvalue weighted by Gasteiger charge is -2.41. The molecule has 0 spiro atoms. The quantitative estimate of drug-likeness (QED) is 0.902. The maximum absolute atomic E-state index is 10.6. The Morgan fingerprint density at radius 1 is 1.56 bits per heavy atom. The van der Waals surface area contributed by atoms with Crippen LogP contribution in [0.25, 0.3) is 0 Å². The van der Waals surface area contributed by atoms with E-state index in [0.29, 0.717) is 6.42 Å². The first-order valence-electron chi connectivity index (χ1n) is 6.52. The first kappa shape index (κ1) is 14.5. The monoisotopic (exact) mass is 332 g/mol. The summed E-state index contributed by atoms with van der Waals surface area (Å²) in [5, 5.41) is 12.6. The summed E-state index contributed by atoms with van der Waals surface area (Å²) in [6.45, 7) is 2.28. The van der Waals surface area contributed by atoms with E-state index in [9.17, 15) is 5.11 Å². The van der Waals surface area contributed by atoms with Gasteiger partial charge in [0.1, 0.15) is 0 Å². The molecule has 1 saturated carbocycles. The van der Waals surface area contributed by atoms with Gasteiger partial charge in [-0.1, -0.05) is 6.92 Å². The summed E-state index contributed by atoms with van der Waals surface area (Å²) >= 11 is 5.22. The van der Waals surface area contributed by atoms with E-state index >= 15 is 0 Å². The smallest absolute Gasteiger partial charge is 0.0940 e. The van der Waals surface area contributed by atoms with Crippen molar-refractivity contribution in [3.8, 4) is 0 Å². The van der Waals surface area contributed by atoms with Gasteiger partial charge in [0.2, 0.25) is 0 Å². The Bertz CT molecular complexity index is 383. The van der Waals surface area contributed by atoms with Crippen molar-refractivity contribution in [3.05, 3.63) is 20.8 Å². The molecular weight excluding hydrogens is 312 g/mol. The highest BCUT2D eigenvalue weighted by Crippen LogP contribution is 2.38. The molecule has 1 unspecified atom stereocenters. The average Bonchev–Trinajstić information content (AvgIpc) is 2.76. The van der Waals surface area contributed by atoms with Crippen molar-refractivity contribution < 1.29 is 9.84 Å². The number of rotatable bonds is 4. The van der Waals surface area contributed by atoms with E-state index in [1.54, 1.807) is 18.4 Å². The molecule has 0 radical (unpaired) electrons. The van der Waals surface area contributed by atoms with Crippen molar-refractivity contribution >= 4 is 27.3 Å². The fraction of sp³-hybridized carbons (Fsp3) is 0.714. The molecule has 0 aliphatic heterocycles. The second-order valence-electron chi connectivity index (χ2n) is 5.36. The Morgan fingerprint density at radius 3 is 2.72 bits per heavy atom. The Balaban J connectivity index is 2.06. The van der Waals surface area contributed by atoms with Gasteiger partial charge in [-0.2, -0.15) is 0 Å². The van der Waals surface area contributed by atoms with E-state index in [2.05, 4.69) is 28.2 Å². The molecule has 1 heterocycles. The summed E-state index contributed by atoms with van der Waals surface area (Å²) in [5.74, 6) is 0.758. The van der Waals surface area contributed by atoms with Crippen LogP contribution in [-0.2, 0) is 11.2 Å². The Hall–Kier alpha value is 0.100. The van der Waals surface area contributed by atoms with Gasteiger partial charge in [-0.25, -0.2) is 0 Å². The molecular formula is C14H21BrO2S. The SMILES string of the molecule is COC1(C(O)Cc2sccc2Br)CCC(C)CC1. The van der Waals surface area contributed by atoms with Crippen LogP contribution in [0.3, 0.4) is 0 Å². The average molecular weight is 333 g/mol. The molecule has 2 rings (SSSR count). The number of aliphatic hydroxyl groups excluding tert-OH is 1. The van der Waals surface area contributed by atoms with Crippen LogP contribution in [-0.4, -0.2) is 23.9 Å². The van der Waals surface area contributed by atoms with Crippen LogP contribution in [0.2, 0.25) is 0 Å². The third kappa shape index (κ3) is 2.98. The van der Waals surface area contributed by atoms with E-state index in [1.165, 1.54) is 4.88 Å². The predicted octanol–water partition coefficient (Wildman–Crippen LogP) is 4.01. The van der Waals surface area contributed by atoms with E-state index < -0.39 is 6.10 Å². The van der Waals surface area contributed by atoms with Crippen LogP contribution in [0, 0.1) is 5.92 Å². The fourth-order valence-electron chi connectivity index (χ4n) is 2.76. The van der Waals surface area contributed by atoms with Crippen molar-refractivity contribution in [1.82, 2.24) is 0 Å². The zero-order valence-electron chi connectivity index (χ0n) is 11.0. The number of hydrogen-bond acceptors (Lipinski definition) is 3. The molecule has 1 aromatic heterocycles. The van der Waals surface area contributed by atoms with Gasteiger partial charge < -0.3 is 9.84 Å². The third-order valence-electron chi connectivity index (χ3n) is 4.20. The van der Waals surface area contributed by atoms with Gasteiger partial charge in [0, 0.05) is 22.9 Å². The summed E-state index contributed by atoms with van der Waals surface area (Å²) in [5.41, 5.74) is -0.337. The minimum atomic E-state index is -0.412. The molecule has 102 valence electrons. The fourth-order valence-corrected chi connectivity index (χ4v) is 4.31. The minimum Gasteiger partial charge on any atom is -0.390 e. The molecule has 0 bridgehead atoms. The normalized spacial score (nSPS) is 30.3. The van der Waals surface area contributed by atoms with Crippen molar-refractivity contribution in [2.24, 2.45) is 5.92 Å². The molecule has 1 fully saturated rings. The maximum atomic E-state index is 10.6. The largest absolute Gasteiger partial charge is 0.390 e. The van der Waals surface area contributed by atoms with Crippen LogP contribution < -0.4 is 0 Å². The zero-order valence-corrected chi connectivity index (χ0v) is 13.4. The molecule has 1 atom stereocenters. The minimum absolute atomic E-state index is 0.337. The lowest BCUT2D eigenvalue weighted by atomic mass is 9.75. The molecule has 4 heteroatoms. The molecule has 1 N–H and O–H groups in total. The summed E-state index contributed by atoms with van der Waals surface area (Å²) < 4.78 is 6.82. The summed E-state index contributed by atoms with van der Waals surface area (Å²) in [7, 11) is 1.74. The Labute approximate surface area is 121 Å². The second-order valence-corrected chi connectivity index (χ2v) is 7.22. The van der Waals surface area contributed by atoms with Gasteiger partial charge >= 0.3 is 0 Å². The van der Waals surface area contributed by atoms with E-state index in [1.807, 2.05) is 6.07 Å². The molecule has 18 heavy (non-hydrogen) atoms. The van der Waals surface area contributed by atoms with E-state index in [4.69, 9.17) is 4.74 Å². The molecule has 1 aromatic rings. The topological polar surface area (TPSA) is 29.5 Å². The number of ether oxygens (including phenoxy) is 1. The number of methoxy groups -OCH3 is 1. The van der Waals surface area contributed by atoms with Gasteiger partial charge in [-0.15, -0.1) is 11.3 Å². The van der Waals surface area contributed by atoms with E-state index in [0.717, 1.165) is 36.1 Å². The van der Waals surface area contributed by atoms with E-state index in [-0.39, 0.29) is 5.60 Å². The van der Waals surface area contributed by atoms with Crippen molar-refractivity contribution in [1.29, 1.82) is 0 Å². The van der Waals surface area contributed by atoms with Crippen molar-refractivity contribution in [2.75, 3.05) is 7.11 Å². The molecule has 0 saturated heterocycles. The Morgan fingerprint density at radius 2 is 2.22 bits per heavy atom. The molecule has 1 aliphatic rings. The van der Waals surface area contributed by atoms with Crippen LogP contribution in [0.5, 0.6) is 0 Å². The first-order chi connectivity index (χ1) is 8.57. The van der Waals surface area contributed by atoms with Crippen LogP contribution in [0.4, 0.5) is 0 Å². The maximum Gasteiger partial charge on any atom is 0.0940 e. The van der Waals surface area contributed by atoms with Crippen LogP contribution in [0.15, 0.2) is 15.9 Å². The molecule has 0 amide bonds. The summed E-state index contributed by atoms with van der Waals surface area (Å²) in [6, 6.07) is 2.04. The molecule has 0 aromatic carbocycles. The summed E-state index contributed by atoms with van der Waals surface area (Å²) in [4.78, 5) is 1.21. The first-order valence-corrected chi connectivity index (χ1v) is 8.20. The van der Waals surface area contributed by atoms with Gasteiger partial charge in [-0.3, -0.25) is 0 Å². The molecule has 1 aliphatic carbocycles. The molecule has 2 nitrogen and oxygen atoms in total. The highest BCUT2D eigenvalue weighted by molar-refractivity contribution is 9.10. The van der Waals surface area contributed by atoms with Crippen molar-refractivity contribution in [2.45, 2.75) is 50.7 Å². The number of halogens is 1. The Kier molecular flexibility index (Phi) is 4.86. The van der Waals surface area contributed by atoms with Crippen LogP contribution >= 0.6 is 27.3 Å². The summed E-state index contributed by atoms with van der Waals surface area (Å²) in [6.07, 6.45) is 4.50. The lowest BCUT2D eigenvalue weighted by Crippen LogP contribution is -2.47. The van der Waals surface area contributed by atoms with Gasteiger partial charge in [0.05, 0.1) is 11.7 Å². The third-order valence-corrected chi connectivity index (χ3v) is 6.15. The number of aliphatic hydroxyl groups is 1. The number of hydrogen-bond donors (Lipinski definition) is 1. The second kappa shape index (κ2) is 6.04. The van der Waals surface area contributed by atoms with Gasteiger partial charge in [0.25, 0.3) is 0 Å². The highest BCUT2D eigenvalue weighted by atomic mass is 79.9. The predicted molar refractivity (Wildman–Crippen MR) is 79.1 cm³/mol. The number of thiophene rings is 1.